The average molecular weight is 377 g/mol. The number of nitrogens with one attached hydrogen (secondary N) is 4. The minimum atomic E-state index is -0.725. The van der Waals surface area contributed by atoms with Crippen molar-refractivity contribution in [3.63, 3.8) is 0 Å². The lowest BCUT2D eigenvalue weighted by molar-refractivity contribution is -0.145. The number of esters is 1. The van der Waals surface area contributed by atoms with Gasteiger partial charge in [-0.3, -0.25) is 14.9 Å². The molecule has 2 heterocycles. The average Bonchev–Trinajstić information content (AvgIpc) is 3.06. The number of aromatic amines is 1. The van der Waals surface area contributed by atoms with Crippen molar-refractivity contribution in [2.75, 3.05) is 24.3 Å². The molecule has 2 aromatic rings. The van der Waals surface area contributed by atoms with Crippen LogP contribution in [0.15, 0.2) is 6.33 Å². The van der Waals surface area contributed by atoms with Gasteiger partial charge in [-0.2, -0.15) is 9.97 Å². The molecule has 0 saturated heterocycles. The summed E-state index contributed by atoms with van der Waals surface area (Å²) in [6.45, 7) is 5.08. The molecule has 27 heavy (non-hydrogen) atoms. The van der Waals surface area contributed by atoms with Gasteiger partial charge in [0.05, 0.1) is 20.0 Å². The van der Waals surface area contributed by atoms with Crippen LogP contribution in [0.25, 0.3) is 11.2 Å². The second-order valence-corrected chi connectivity index (χ2v) is 6.30. The number of carbonyl (C=O) groups excluding carboxylic acids is 3. The van der Waals surface area contributed by atoms with E-state index >= 15 is 0 Å². The summed E-state index contributed by atoms with van der Waals surface area (Å²) < 4.78 is 4.73. The Labute approximate surface area is 155 Å². The van der Waals surface area contributed by atoms with Crippen LogP contribution in [0.2, 0.25) is 0 Å². The molecule has 0 spiro atoms. The van der Waals surface area contributed by atoms with Crippen molar-refractivity contribution < 1.29 is 19.1 Å². The molecule has 0 aromatic carbocycles. The Bertz CT molecular complexity index is 833. The van der Waals surface area contributed by atoms with Gasteiger partial charge in [-0.25, -0.2) is 9.78 Å². The quantitative estimate of drug-likeness (QED) is 0.483. The van der Waals surface area contributed by atoms with Crippen LogP contribution >= 0.6 is 0 Å². The minimum absolute atomic E-state index is 0.0669. The molecular formula is C16H23N7O4. The van der Waals surface area contributed by atoms with Gasteiger partial charge in [-0.1, -0.05) is 13.8 Å². The molecule has 0 aliphatic heterocycles. The smallest absolute Gasteiger partial charge is 0.328 e. The predicted molar refractivity (Wildman–Crippen MR) is 97.9 cm³/mol. The van der Waals surface area contributed by atoms with E-state index in [4.69, 9.17) is 4.74 Å². The zero-order valence-corrected chi connectivity index (χ0v) is 15.6. The number of imidazole rings is 1. The molecule has 146 valence electrons. The number of nitrogens with zero attached hydrogens (tertiary/aromatic N) is 3. The summed E-state index contributed by atoms with van der Waals surface area (Å²) in [4.78, 5) is 50.4. The fourth-order valence-electron chi connectivity index (χ4n) is 2.41. The predicted octanol–water partition coefficient (Wildman–Crippen LogP) is 0.427. The normalized spacial score (nSPS) is 11.9. The SMILES string of the molecule is COC(=O)[C@H](CC(C)C)NC(=O)CNc1nc(NC(C)=O)nc2nc[nH]c12. The summed E-state index contributed by atoms with van der Waals surface area (Å²) in [5, 5.41) is 7.98. The van der Waals surface area contributed by atoms with Gasteiger partial charge in [0, 0.05) is 6.92 Å². The highest BCUT2D eigenvalue weighted by Gasteiger charge is 2.22. The van der Waals surface area contributed by atoms with E-state index in [1.54, 1.807) is 0 Å². The van der Waals surface area contributed by atoms with Crippen molar-refractivity contribution in [3.05, 3.63) is 6.33 Å². The third-order valence-corrected chi connectivity index (χ3v) is 3.52. The fraction of sp³-hybridized carbons (Fsp3) is 0.500. The molecule has 0 fully saturated rings. The molecule has 1 atom stereocenters. The van der Waals surface area contributed by atoms with Gasteiger partial charge in [0.15, 0.2) is 11.5 Å². The van der Waals surface area contributed by atoms with Gasteiger partial charge in [0.1, 0.15) is 11.6 Å². The molecule has 2 amide bonds. The van der Waals surface area contributed by atoms with Crippen molar-refractivity contribution in [1.82, 2.24) is 25.3 Å². The number of hydrogen-bond donors (Lipinski definition) is 4. The molecule has 4 N–H and O–H groups in total. The first-order chi connectivity index (χ1) is 12.8. The van der Waals surface area contributed by atoms with Gasteiger partial charge >= 0.3 is 5.97 Å². The Hall–Kier alpha value is -3.24. The van der Waals surface area contributed by atoms with E-state index in [9.17, 15) is 14.4 Å². The van der Waals surface area contributed by atoms with Crippen LogP contribution in [-0.2, 0) is 19.1 Å². The molecule has 0 saturated carbocycles. The molecule has 0 aliphatic carbocycles. The first kappa shape index (κ1) is 20.1. The van der Waals surface area contributed by atoms with Crippen LogP contribution < -0.4 is 16.0 Å². The van der Waals surface area contributed by atoms with Gasteiger partial charge in [-0.15, -0.1) is 0 Å². The van der Waals surface area contributed by atoms with E-state index in [1.807, 2.05) is 13.8 Å². The second-order valence-electron chi connectivity index (χ2n) is 6.30. The van der Waals surface area contributed by atoms with Crippen LogP contribution in [0.5, 0.6) is 0 Å². The Balaban J connectivity index is 2.08. The fourth-order valence-corrected chi connectivity index (χ4v) is 2.41. The number of hydrogen-bond acceptors (Lipinski definition) is 8. The zero-order valence-electron chi connectivity index (χ0n) is 15.6. The summed E-state index contributed by atoms with van der Waals surface area (Å²) in [5.41, 5.74) is 0.826. The molecule has 11 nitrogen and oxygen atoms in total. The van der Waals surface area contributed by atoms with Crippen molar-refractivity contribution in [3.8, 4) is 0 Å². The highest BCUT2D eigenvalue weighted by Crippen LogP contribution is 2.18. The maximum absolute atomic E-state index is 12.2. The largest absolute Gasteiger partial charge is 0.467 e. The lowest BCUT2D eigenvalue weighted by atomic mass is 10.0. The van der Waals surface area contributed by atoms with Crippen molar-refractivity contribution in [2.45, 2.75) is 33.2 Å². The number of fused-ring (bicyclic) bond motifs is 1. The number of anilines is 2. The van der Waals surface area contributed by atoms with Gasteiger partial charge in [0.2, 0.25) is 17.8 Å². The maximum Gasteiger partial charge on any atom is 0.328 e. The maximum atomic E-state index is 12.2. The highest BCUT2D eigenvalue weighted by molar-refractivity contribution is 5.91. The summed E-state index contributed by atoms with van der Waals surface area (Å²) in [6.07, 6.45) is 1.89. The summed E-state index contributed by atoms with van der Waals surface area (Å²) >= 11 is 0. The number of methoxy groups -OCH3 is 1. The monoisotopic (exact) mass is 377 g/mol. The second kappa shape index (κ2) is 8.92. The molecule has 0 radical (unpaired) electrons. The molecule has 0 unspecified atom stereocenters. The van der Waals surface area contributed by atoms with E-state index in [0.29, 0.717) is 23.4 Å². The van der Waals surface area contributed by atoms with Crippen molar-refractivity contribution in [2.24, 2.45) is 5.92 Å². The standard InChI is InChI=1S/C16H23N7O4/c1-8(2)5-10(15(26)27-4)21-11(25)6-17-13-12-14(19-7-18-12)23-16(22-13)20-9(3)24/h7-8,10H,5-6H2,1-4H3,(H,21,25)(H3,17,18,19,20,22,23,24)/t10-/m0/s1. The van der Waals surface area contributed by atoms with Crippen LogP contribution in [0.4, 0.5) is 11.8 Å². The Morgan fingerprint density at radius 1 is 1.26 bits per heavy atom. The summed E-state index contributed by atoms with van der Waals surface area (Å²) in [5.74, 6) is -0.661. The van der Waals surface area contributed by atoms with Gasteiger partial charge in [0.25, 0.3) is 0 Å². The van der Waals surface area contributed by atoms with E-state index in [1.165, 1.54) is 20.4 Å². The third-order valence-electron chi connectivity index (χ3n) is 3.52. The molecule has 2 rings (SSSR count). The molecule has 0 aliphatic rings. The third kappa shape index (κ3) is 5.62. The van der Waals surface area contributed by atoms with Crippen LogP contribution in [0, 0.1) is 5.92 Å². The van der Waals surface area contributed by atoms with Crippen molar-refractivity contribution in [1.29, 1.82) is 0 Å². The Kier molecular flexibility index (Phi) is 6.63. The van der Waals surface area contributed by atoms with Crippen molar-refractivity contribution >= 4 is 40.7 Å². The van der Waals surface area contributed by atoms with Gasteiger partial charge < -0.3 is 20.4 Å². The number of carbonyl (C=O) groups is 3. The lowest BCUT2D eigenvalue weighted by Gasteiger charge is -2.18. The van der Waals surface area contributed by atoms with Crippen LogP contribution in [0.1, 0.15) is 27.2 Å². The number of rotatable bonds is 8. The number of amides is 2. The Morgan fingerprint density at radius 3 is 2.63 bits per heavy atom. The minimum Gasteiger partial charge on any atom is -0.467 e. The number of H-pyrrole nitrogens is 1. The first-order valence-corrected chi connectivity index (χ1v) is 8.40. The molecule has 11 heteroatoms. The molecule has 0 bridgehead atoms. The summed E-state index contributed by atoms with van der Waals surface area (Å²) in [6, 6.07) is -0.725. The molecule has 2 aromatic heterocycles. The van der Waals surface area contributed by atoms with Crippen LogP contribution in [0.3, 0.4) is 0 Å². The van der Waals surface area contributed by atoms with E-state index in [2.05, 4.69) is 35.9 Å². The molecular weight excluding hydrogens is 354 g/mol. The Morgan fingerprint density at radius 2 is 2.00 bits per heavy atom. The number of ether oxygens (including phenoxy) is 1. The van der Waals surface area contributed by atoms with Gasteiger partial charge in [-0.05, 0) is 12.3 Å². The topological polar surface area (TPSA) is 151 Å². The van der Waals surface area contributed by atoms with Crippen LogP contribution in [-0.4, -0.2) is 57.4 Å². The van der Waals surface area contributed by atoms with E-state index in [-0.39, 0.29) is 24.3 Å². The summed E-state index contributed by atoms with van der Waals surface area (Å²) in [7, 11) is 1.28. The van der Waals surface area contributed by atoms with E-state index in [0.717, 1.165) is 0 Å². The zero-order chi connectivity index (χ0) is 20.0. The number of aromatic nitrogens is 4. The lowest BCUT2D eigenvalue weighted by Crippen LogP contribution is -2.44. The van der Waals surface area contributed by atoms with E-state index < -0.39 is 17.9 Å². The highest BCUT2D eigenvalue weighted by atomic mass is 16.5. The first-order valence-electron chi connectivity index (χ1n) is 8.40.